The molecule has 1 aromatic heterocycles. The number of carbonyl (C=O) groups is 2. The number of aldehydes is 1. The molecule has 6 heteroatoms. The van der Waals surface area contributed by atoms with Crippen molar-refractivity contribution < 1.29 is 9.59 Å². The highest BCUT2D eigenvalue weighted by Crippen LogP contribution is 2.16. The Bertz CT molecular complexity index is 768. The third-order valence-electron chi connectivity index (χ3n) is 4.19. The van der Waals surface area contributed by atoms with Gasteiger partial charge >= 0.3 is 0 Å². The predicted octanol–water partition coefficient (Wildman–Crippen LogP) is 1.71. The zero-order valence-corrected chi connectivity index (χ0v) is 14.0. The van der Waals surface area contributed by atoms with Crippen LogP contribution in [0.3, 0.4) is 0 Å². The number of piperazine rings is 1. The first-order valence-corrected chi connectivity index (χ1v) is 8.23. The van der Waals surface area contributed by atoms with Crippen molar-refractivity contribution in [1.82, 2.24) is 14.9 Å². The lowest BCUT2D eigenvalue weighted by molar-refractivity contribution is -0.126. The Morgan fingerprint density at radius 1 is 1.12 bits per heavy atom. The summed E-state index contributed by atoms with van der Waals surface area (Å²) in [5, 5.41) is 0. The van der Waals surface area contributed by atoms with Crippen LogP contribution in [0.2, 0.25) is 0 Å². The zero-order valence-electron chi connectivity index (χ0n) is 14.0. The van der Waals surface area contributed by atoms with E-state index in [1.54, 1.807) is 11.0 Å². The quantitative estimate of drug-likeness (QED) is 0.614. The van der Waals surface area contributed by atoms with E-state index in [1.165, 1.54) is 6.08 Å². The fourth-order valence-corrected chi connectivity index (χ4v) is 2.87. The summed E-state index contributed by atoms with van der Waals surface area (Å²) in [6.07, 6.45) is 2.66. The molecule has 2 aromatic rings. The molecule has 1 aliphatic rings. The molecular weight excluding hydrogens is 316 g/mol. The Labute approximate surface area is 146 Å². The molecule has 0 spiro atoms. The van der Waals surface area contributed by atoms with Crippen LogP contribution in [0.4, 0.5) is 5.82 Å². The molecule has 1 saturated heterocycles. The summed E-state index contributed by atoms with van der Waals surface area (Å²) >= 11 is 0. The molecule has 0 unspecified atom stereocenters. The fourth-order valence-electron chi connectivity index (χ4n) is 2.87. The summed E-state index contributed by atoms with van der Waals surface area (Å²) in [5.74, 6) is 1.30. The molecule has 2 heterocycles. The van der Waals surface area contributed by atoms with Gasteiger partial charge in [0, 0.05) is 38.7 Å². The van der Waals surface area contributed by atoms with E-state index in [2.05, 4.69) is 21.4 Å². The van der Waals surface area contributed by atoms with E-state index < -0.39 is 0 Å². The summed E-state index contributed by atoms with van der Waals surface area (Å²) in [4.78, 5) is 35.7. The van der Waals surface area contributed by atoms with E-state index in [-0.39, 0.29) is 5.91 Å². The van der Waals surface area contributed by atoms with Crippen molar-refractivity contribution in [2.75, 3.05) is 31.1 Å². The maximum absolute atomic E-state index is 11.7. The molecule has 3 rings (SSSR count). The number of hydrogen-bond donors (Lipinski definition) is 0. The van der Waals surface area contributed by atoms with Crippen LogP contribution in [0, 0.1) is 0 Å². The van der Waals surface area contributed by atoms with E-state index in [0.29, 0.717) is 44.1 Å². The highest BCUT2D eigenvalue weighted by molar-refractivity contribution is 5.87. The molecule has 0 bridgehead atoms. The van der Waals surface area contributed by atoms with Gasteiger partial charge in [-0.05, 0) is 11.6 Å². The maximum atomic E-state index is 11.7. The lowest BCUT2D eigenvalue weighted by Crippen LogP contribution is -2.48. The van der Waals surface area contributed by atoms with E-state index >= 15 is 0 Å². The van der Waals surface area contributed by atoms with E-state index in [1.807, 2.05) is 30.3 Å². The van der Waals surface area contributed by atoms with Crippen molar-refractivity contribution in [3.8, 4) is 0 Å². The number of hydrogen-bond acceptors (Lipinski definition) is 5. The average Bonchev–Trinajstić information content (AvgIpc) is 2.68. The zero-order chi connectivity index (χ0) is 17.6. The molecule has 0 saturated carbocycles. The molecule has 25 heavy (non-hydrogen) atoms. The molecule has 0 N–H and O–H groups in total. The lowest BCUT2D eigenvalue weighted by Gasteiger charge is -2.35. The van der Waals surface area contributed by atoms with E-state index in [9.17, 15) is 9.59 Å². The fraction of sp³-hybridized carbons (Fsp3) is 0.263. The number of aromatic nitrogens is 2. The third-order valence-corrected chi connectivity index (χ3v) is 4.19. The van der Waals surface area contributed by atoms with Gasteiger partial charge in [-0.15, -0.1) is 0 Å². The van der Waals surface area contributed by atoms with Gasteiger partial charge in [-0.3, -0.25) is 9.59 Å². The first-order chi connectivity index (χ1) is 12.2. The Morgan fingerprint density at radius 3 is 2.48 bits per heavy atom. The minimum atomic E-state index is -0.0549. The smallest absolute Gasteiger partial charge is 0.246 e. The highest BCUT2D eigenvalue weighted by Gasteiger charge is 2.21. The minimum Gasteiger partial charge on any atom is -0.353 e. The van der Waals surface area contributed by atoms with Crippen molar-refractivity contribution in [3.05, 3.63) is 66.1 Å². The topological polar surface area (TPSA) is 66.4 Å². The van der Waals surface area contributed by atoms with Gasteiger partial charge < -0.3 is 9.80 Å². The Hall–Kier alpha value is -3.02. The van der Waals surface area contributed by atoms with E-state index in [4.69, 9.17) is 0 Å². The first kappa shape index (κ1) is 16.8. The second-order valence-corrected chi connectivity index (χ2v) is 5.86. The Morgan fingerprint density at radius 2 is 1.84 bits per heavy atom. The van der Waals surface area contributed by atoms with Gasteiger partial charge in [0.25, 0.3) is 0 Å². The van der Waals surface area contributed by atoms with Crippen LogP contribution in [0.5, 0.6) is 0 Å². The largest absolute Gasteiger partial charge is 0.353 e. The Kier molecular flexibility index (Phi) is 5.18. The summed E-state index contributed by atoms with van der Waals surface area (Å²) in [7, 11) is 0. The Balaban J connectivity index is 1.77. The second kappa shape index (κ2) is 7.70. The highest BCUT2D eigenvalue weighted by atomic mass is 16.2. The SMILES string of the molecule is C=CC(=O)N1CCN(c2cc(C=O)nc(Cc3ccccc3)n2)CC1. The number of amides is 1. The van der Waals surface area contributed by atoms with Crippen LogP contribution in [-0.2, 0) is 11.2 Å². The van der Waals surface area contributed by atoms with Crippen LogP contribution in [-0.4, -0.2) is 53.2 Å². The van der Waals surface area contributed by atoms with Crippen molar-refractivity contribution in [2.24, 2.45) is 0 Å². The van der Waals surface area contributed by atoms with Crippen LogP contribution in [0.15, 0.2) is 49.1 Å². The number of benzene rings is 1. The van der Waals surface area contributed by atoms with Crippen molar-refractivity contribution >= 4 is 18.0 Å². The normalized spacial score (nSPS) is 14.2. The van der Waals surface area contributed by atoms with Crippen LogP contribution >= 0.6 is 0 Å². The van der Waals surface area contributed by atoms with Crippen LogP contribution < -0.4 is 4.90 Å². The van der Waals surface area contributed by atoms with Crippen molar-refractivity contribution in [3.63, 3.8) is 0 Å². The van der Waals surface area contributed by atoms with Crippen molar-refractivity contribution in [2.45, 2.75) is 6.42 Å². The van der Waals surface area contributed by atoms with Crippen LogP contribution in [0.25, 0.3) is 0 Å². The molecule has 6 nitrogen and oxygen atoms in total. The molecule has 0 atom stereocenters. The molecule has 128 valence electrons. The molecule has 1 aliphatic heterocycles. The molecule has 0 aliphatic carbocycles. The van der Waals surface area contributed by atoms with Gasteiger partial charge in [-0.1, -0.05) is 36.9 Å². The molecule has 1 aromatic carbocycles. The van der Waals surface area contributed by atoms with Gasteiger partial charge in [-0.25, -0.2) is 9.97 Å². The average molecular weight is 336 g/mol. The molecular formula is C19H20N4O2. The van der Waals surface area contributed by atoms with Gasteiger partial charge in [0.1, 0.15) is 17.3 Å². The number of nitrogens with zero attached hydrogens (tertiary/aromatic N) is 4. The summed E-state index contributed by atoms with van der Waals surface area (Å²) in [5.41, 5.74) is 1.47. The van der Waals surface area contributed by atoms with Gasteiger partial charge in [0.15, 0.2) is 6.29 Å². The standard InChI is InChI=1S/C19H20N4O2/c1-2-19(25)23-10-8-22(9-11-23)18-13-16(14-24)20-17(21-18)12-15-6-4-3-5-7-15/h2-7,13-14H,1,8-12H2. The van der Waals surface area contributed by atoms with Crippen LogP contribution in [0.1, 0.15) is 21.9 Å². The predicted molar refractivity (Wildman–Crippen MR) is 95.7 cm³/mol. The summed E-state index contributed by atoms with van der Waals surface area (Å²) in [6.45, 7) is 6.08. The third kappa shape index (κ3) is 4.09. The molecule has 0 radical (unpaired) electrons. The van der Waals surface area contributed by atoms with Crippen molar-refractivity contribution in [1.29, 1.82) is 0 Å². The number of anilines is 1. The second-order valence-electron chi connectivity index (χ2n) is 5.86. The van der Waals surface area contributed by atoms with E-state index in [0.717, 1.165) is 17.7 Å². The summed E-state index contributed by atoms with van der Waals surface area (Å²) < 4.78 is 0. The molecule has 1 fully saturated rings. The monoisotopic (exact) mass is 336 g/mol. The van der Waals surface area contributed by atoms with Gasteiger partial charge in [-0.2, -0.15) is 0 Å². The summed E-state index contributed by atoms with van der Waals surface area (Å²) in [6, 6.07) is 11.6. The molecule has 1 amide bonds. The van der Waals surface area contributed by atoms with Gasteiger partial charge in [0.05, 0.1) is 0 Å². The maximum Gasteiger partial charge on any atom is 0.246 e. The minimum absolute atomic E-state index is 0.0549. The first-order valence-electron chi connectivity index (χ1n) is 8.23. The van der Waals surface area contributed by atoms with Gasteiger partial charge in [0.2, 0.25) is 5.91 Å². The number of rotatable bonds is 5. The lowest BCUT2D eigenvalue weighted by atomic mass is 10.1. The number of carbonyl (C=O) groups excluding carboxylic acids is 2.